The number of hydrogen-bond acceptors (Lipinski definition) is 2. The van der Waals surface area contributed by atoms with Crippen LogP contribution in [0.4, 0.5) is 0 Å². The van der Waals surface area contributed by atoms with E-state index >= 15 is 0 Å². The maximum atomic E-state index is 5.61. The molecule has 0 radical (unpaired) electrons. The summed E-state index contributed by atoms with van der Waals surface area (Å²) in [7, 11) is 0. The van der Waals surface area contributed by atoms with Crippen molar-refractivity contribution >= 4 is 15.9 Å². The first kappa shape index (κ1) is 11.1. The lowest BCUT2D eigenvalue weighted by Gasteiger charge is -2.14. The maximum absolute atomic E-state index is 5.61. The van der Waals surface area contributed by atoms with Gasteiger partial charge in [-0.1, -0.05) is 22.0 Å². The molecule has 0 aliphatic carbocycles. The minimum Gasteiger partial charge on any atom is -0.378 e. The molecule has 82 valence electrons. The highest BCUT2D eigenvalue weighted by atomic mass is 79.9. The lowest BCUT2D eigenvalue weighted by atomic mass is 10.1. The number of ether oxygens (including phenoxy) is 1. The fraction of sp³-hybridized carbons (Fsp3) is 0.583. The summed E-state index contributed by atoms with van der Waals surface area (Å²) in [6.45, 7) is 0.938. The molecule has 1 aromatic rings. The van der Waals surface area contributed by atoms with Gasteiger partial charge in [-0.05, 0) is 31.4 Å². The molecule has 2 rings (SSSR count). The van der Waals surface area contributed by atoms with Crippen LogP contribution in [0.15, 0.2) is 24.4 Å². The van der Waals surface area contributed by atoms with Crippen LogP contribution in [0.1, 0.15) is 25.0 Å². The number of halogens is 1. The van der Waals surface area contributed by atoms with Gasteiger partial charge in [-0.3, -0.25) is 4.98 Å². The first-order valence-electron chi connectivity index (χ1n) is 5.50. The molecule has 1 aromatic heterocycles. The van der Waals surface area contributed by atoms with Crippen molar-refractivity contribution in [2.24, 2.45) is 0 Å². The molecule has 1 saturated heterocycles. The minimum absolute atomic E-state index is 0.457. The van der Waals surface area contributed by atoms with Gasteiger partial charge in [0.15, 0.2) is 0 Å². The Bertz CT molecular complexity index is 285. The molecular formula is C12H16BrNO. The summed E-state index contributed by atoms with van der Waals surface area (Å²) in [5.74, 6) is 0. The van der Waals surface area contributed by atoms with Crippen molar-refractivity contribution < 1.29 is 4.74 Å². The van der Waals surface area contributed by atoms with Gasteiger partial charge < -0.3 is 4.74 Å². The SMILES string of the molecule is BrC(Cc1ccccn1)CC1CCCO1. The average molecular weight is 270 g/mol. The standard InChI is InChI=1S/C12H16BrNO/c13-10(9-12-5-3-7-15-12)8-11-4-1-2-6-14-11/h1-2,4,6,10,12H,3,5,7-9H2. The highest BCUT2D eigenvalue weighted by Crippen LogP contribution is 2.22. The van der Waals surface area contributed by atoms with Gasteiger partial charge in [-0.2, -0.15) is 0 Å². The lowest BCUT2D eigenvalue weighted by molar-refractivity contribution is 0.104. The highest BCUT2D eigenvalue weighted by molar-refractivity contribution is 9.09. The van der Waals surface area contributed by atoms with Gasteiger partial charge in [0.2, 0.25) is 0 Å². The van der Waals surface area contributed by atoms with Gasteiger partial charge in [0, 0.05) is 29.7 Å². The fourth-order valence-corrected chi connectivity index (χ4v) is 2.69. The van der Waals surface area contributed by atoms with Crippen molar-refractivity contribution in [2.45, 2.75) is 36.6 Å². The van der Waals surface area contributed by atoms with Crippen molar-refractivity contribution in [1.82, 2.24) is 4.98 Å². The molecule has 0 amide bonds. The molecular weight excluding hydrogens is 254 g/mol. The van der Waals surface area contributed by atoms with Gasteiger partial charge in [0.05, 0.1) is 6.10 Å². The number of aromatic nitrogens is 1. The second-order valence-corrected chi connectivity index (χ2v) is 5.29. The Labute approximate surface area is 99.2 Å². The Morgan fingerprint density at radius 1 is 1.53 bits per heavy atom. The molecule has 0 bridgehead atoms. The van der Waals surface area contributed by atoms with Crippen LogP contribution in [-0.2, 0) is 11.2 Å². The van der Waals surface area contributed by atoms with E-state index in [-0.39, 0.29) is 0 Å². The minimum atomic E-state index is 0.457. The van der Waals surface area contributed by atoms with Crippen molar-refractivity contribution in [1.29, 1.82) is 0 Å². The van der Waals surface area contributed by atoms with Crippen molar-refractivity contribution in [3.05, 3.63) is 30.1 Å². The van der Waals surface area contributed by atoms with Crippen LogP contribution >= 0.6 is 15.9 Å². The van der Waals surface area contributed by atoms with E-state index < -0.39 is 0 Å². The summed E-state index contributed by atoms with van der Waals surface area (Å²) in [5, 5.41) is 0. The van der Waals surface area contributed by atoms with Gasteiger partial charge in [0.1, 0.15) is 0 Å². The molecule has 15 heavy (non-hydrogen) atoms. The van der Waals surface area contributed by atoms with E-state index in [0.29, 0.717) is 10.9 Å². The third kappa shape index (κ3) is 3.58. The summed E-state index contributed by atoms with van der Waals surface area (Å²) in [4.78, 5) is 4.80. The van der Waals surface area contributed by atoms with Gasteiger partial charge in [-0.15, -0.1) is 0 Å². The second kappa shape index (κ2) is 5.61. The fourth-order valence-electron chi connectivity index (χ4n) is 1.94. The third-order valence-corrected chi connectivity index (χ3v) is 3.40. The predicted molar refractivity (Wildman–Crippen MR) is 64.2 cm³/mol. The van der Waals surface area contributed by atoms with E-state index in [1.54, 1.807) is 0 Å². The molecule has 1 aliphatic rings. The molecule has 0 saturated carbocycles. The quantitative estimate of drug-likeness (QED) is 0.785. The number of nitrogens with zero attached hydrogens (tertiary/aromatic N) is 1. The zero-order valence-corrected chi connectivity index (χ0v) is 10.3. The van der Waals surface area contributed by atoms with Crippen molar-refractivity contribution in [3.63, 3.8) is 0 Å². The molecule has 3 heteroatoms. The largest absolute Gasteiger partial charge is 0.378 e. The zero-order valence-electron chi connectivity index (χ0n) is 8.73. The highest BCUT2D eigenvalue weighted by Gasteiger charge is 2.19. The summed E-state index contributed by atoms with van der Waals surface area (Å²) < 4.78 is 5.61. The number of alkyl halides is 1. The van der Waals surface area contributed by atoms with E-state index in [0.717, 1.165) is 25.1 Å². The monoisotopic (exact) mass is 269 g/mol. The molecule has 2 nitrogen and oxygen atoms in total. The van der Waals surface area contributed by atoms with Gasteiger partial charge in [-0.25, -0.2) is 0 Å². The van der Waals surface area contributed by atoms with E-state index in [2.05, 4.69) is 27.0 Å². The van der Waals surface area contributed by atoms with Gasteiger partial charge in [0.25, 0.3) is 0 Å². The second-order valence-electron chi connectivity index (χ2n) is 3.99. The molecule has 2 unspecified atom stereocenters. The molecule has 1 fully saturated rings. The summed E-state index contributed by atoms with van der Waals surface area (Å²) >= 11 is 3.70. The summed E-state index contributed by atoms with van der Waals surface area (Å²) in [6, 6.07) is 6.06. The van der Waals surface area contributed by atoms with E-state index in [1.807, 2.05) is 18.3 Å². The van der Waals surface area contributed by atoms with E-state index in [1.165, 1.54) is 12.8 Å². The normalized spacial score (nSPS) is 22.9. The van der Waals surface area contributed by atoms with Crippen LogP contribution in [0.3, 0.4) is 0 Å². The molecule has 0 N–H and O–H groups in total. The third-order valence-electron chi connectivity index (χ3n) is 2.70. The van der Waals surface area contributed by atoms with Crippen LogP contribution in [0.25, 0.3) is 0 Å². The van der Waals surface area contributed by atoms with Crippen LogP contribution in [-0.4, -0.2) is 22.5 Å². The molecule has 2 heterocycles. The van der Waals surface area contributed by atoms with Crippen LogP contribution < -0.4 is 0 Å². The Morgan fingerprint density at radius 2 is 2.47 bits per heavy atom. The van der Waals surface area contributed by atoms with Crippen LogP contribution in [0, 0.1) is 0 Å². The van der Waals surface area contributed by atoms with Crippen molar-refractivity contribution in [3.8, 4) is 0 Å². The molecule has 1 aliphatic heterocycles. The predicted octanol–water partition coefficient (Wildman–Crippen LogP) is 2.96. The van der Waals surface area contributed by atoms with Crippen LogP contribution in [0.5, 0.6) is 0 Å². The Balaban J connectivity index is 1.79. The van der Waals surface area contributed by atoms with Crippen molar-refractivity contribution in [2.75, 3.05) is 6.61 Å². The van der Waals surface area contributed by atoms with Crippen LogP contribution in [0.2, 0.25) is 0 Å². The van der Waals surface area contributed by atoms with E-state index in [9.17, 15) is 0 Å². The van der Waals surface area contributed by atoms with Gasteiger partial charge >= 0.3 is 0 Å². The summed E-state index contributed by atoms with van der Waals surface area (Å²) in [6.07, 6.45) is 6.81. The Hall–Kier alpha value is -0.410. The topological polar surface area (TPSA) is 22.1 Å². The number of hydrogen-bond donors (Lipinski definition) is 0. The molecule has 0 aromatic carbocycles. The smallest absolute Gasteiger partial charge is 0.0586 e. The summed E-state index contributed by atoms with van der Waals surface area (Å²) in [5.41, 5.74) is 1.15. The molecule has 0 spiro atoms. The van der Waals surface area contributed by atoms with E-state index in [4.69, 9.17) is 4.74 Å². The first-order valence-corrected chi connectivity index (χ1v) is 6.42. The lowest BCUT2D eigenvalue weighted by Crippen LogP contribution is -2.14. The number of pyridine rings is 1. The first-order chi connectivity index (χ1) is 7.34. The number of rotatable bonds is 4. The zero-order chi connectivity index (χ0) is 10.5. The Morgan fingerprint density at radius 3 is 3.13 bits per heavy atom. The maximum Gasteiger partial charge on any atom is 0.0586 e. The average Bonchev–Trinajstić information content (AvgIpc) is 2.71. The molecule has 2 atom stereocenters. The Kier molecular flexibility index (Phi) is 4.15.